The smallest absolute Gasteiger partial charge is 0.261 e. The molecule has 2 nitrogen and oxygen atoms in total. The molecular weight excluding hydrogens is 292 g/mol. The highest BCUT2D eigenvalue weighted by Gasteiger charge is 2.14. The number of nitrogens with one attached hydrogen (secondary N) is 1. The highest BCUT2D eigenvalue weighted by molar-refractivity contribution is 7.17. The van der Waals surface area contributed by atoms with Gasteiger partial charge >= 0.3 is 0 Å². The first kappa shape index (κ1) is 14.0. The highest BCUT2D eigenvalue weighted by atomic mass is 35.5. The standard InChI is InChI=1S/C13H10ClF2NOS/c1-7(8-2-3-9(15)10(16)6-8)17-13(18)11-4-5-12(14)19-11/h2-7H,1H3,(H,17,18). The zero-order valence-electron chi connectivity index (χ0n) is 9.91. The first-order valence-electron chi connectivity index (χ1n) is 5.48. The van der Waals surface area contributed by atoms with Crippen LogP contribution in [0.1, 0.15) is 28.2 Å². The van der Waals surface area contributed by atoms with Gasteiger partial charge in [-0.2, -0.15) is 0 Å². The van der Waals surface area contributed by atoms with Crippen LogP contribution in [0.15, 0.2) is 30.3 Å². The summed E-state index contributed by atoms with van der Waals surface area (Å²) in [5, 5.41) is 2.70. The van der Waals surface area contributed by atoms with Gasteiger partial charge in [-0.3, -0.25) is 4.79 Å². The summed E-state index contributed by atoms with van der Waals surface area (Å²) in [6.07, 6.45) is 0. The second kappa shape index (κ2) is 5.67. The molecule has 2 rings (SSSR count). The zero-order chi connectivity index (χ0) is 14.0. The van der Waals surface area contributed by atoms with E-state index in [2.05, 4.69) is 5.32 Å². The molecule has 0 saturated carbocycles. The maximum Gasteiger partial charge on any atom is 0.261 e. The van der Waals surface area contributed by atoms with E-state index in [9.17, 15) is 13.6 Å². The molecule has 1 atom stereocenters. The molecule has 100 valence electrons. The van der Waals surface area contributed by atoms with Crippen LogP contribution in [0.25, 0.3) is 0 Å². The van der Waals surface area contributed by atoms with Gasteiger partial charge in [0.05, 0.1) is 15.3 Å². The first-order valence-corrected chi connectivity index (χ1v) is 6.68. The summed E-state index contributed by atoms with van der Waals surface area (Å²) in [5.74, 6) is -2.14. The number of carbonyl (C=O) groups excluding carboxylic acids is 1. The molecule has 0 aliphatic heterocycles. The largest absolute Gasteiger partial charge is 0.345 e. The Hall–Kier alpha value is -1.46. The fourth-order valence-electron chi connectivity index (χ4n) is 1.57. The minimum Gasteiger partial charge on any atom is -0.345 e. The second-order valence-electron chi connectivity index (χ2n) is 3.97. The third-order valence-corrected chi connectivity index (χ3v) is 3.82. The SMILES string of the molecule is CC(NC(=O)c1ccc(Cl)s1)c1ccc(F)c(F)c1. The summed E-state index contributed by atoms with van der Waals surface area (Å²) in [6.45, 7) is 1.69. The first-order chi connectivity index (χ1) is 8.97. The van der Waals surface area contributed by atoms with Crippen molar-refractivity contribution in [3.8, 4) is 0 Å². The molecule has 6 heteroatoms. The van der Waals surface area contributed by atoms with Crippen molar-refractivity contribution in [2.75, 3.05) is 0 Å². The molecule has 0 aliphatic rings. The molecule has 0 aliphatic carbocycles. The van der Waals surface area contributed by atoms with Crippen LogP contribution in [0.3, 0.4) is 0 Å². The summed E-state index contributed by atoms with van der Waals surface area (Å²) >= 11 is 6.90. The van der Waals surface area contributed by atoms with Gasteiger partial charge in [-0.15, -0.1) is 11.3 Å². The van der Waals surface area contributed by atoms with Gasteiger partial charge in [0.15, 0.2) is 11.6 Å². The fraction of sp³-hybridized carbons (Fsp3) is 0.154. The quantitative estimate of drug-likeness (QED) is 0.905. The second-order valence-corrected chi connectivity index (χ2v) is 5.69. The Morgan fingerprint density at radius 2 is 2.00 bits per heavy atom. The monoisotopic (exact) mass is 301 g/mol. The van der Waals surface area contributed by atoms with Crippen molar-refractivity contribution in [2.45, 2.75) is 13.0 Å². The molecule has 0 spiro atoms. The van der Waals surface area contributed by atoms with E-state index in [0.29, 0.717) is 14.8 Å². The van der Waals surface area contributed by atoms with E-state index in [0.717, 1.165) is 23.5 Å². The third-order valence-electron chi connectivity index (χ3n) is 2.59. The lowest BCUT2D eigenvalue weighted by molar-refractivity contribution is 0.0944. The van der Waals surface area contributed by atoms with Crippen LogP contribution in [-0.4, -0.2) is 5.91 Å². The molecule has 1 amide bonds. The van der Waals surface area contributed by atoms with Gasteiger partial charge in [-0.1, -0.05) is 17.7 Å². The van der Waals surface area contributed by atoms with Crippen molar-refractivity contribution < 1.29 is 13.6 Å². The Bertz CT molecular complexity index is 614. The molecule has 1 aromatic carbocycles. The number of carbonyl (C=O) groups is 1. The lowest BCUT2D eigenvalue weighted by atomic mass is 10.1. The van der Waals surface area contributed by atoms with E-state index in [1.807, 2.05) is 0 Å². The van der Waals surface area contributed by atoms with Crippen molar-refractivity contribution in [3.63, 3.8) is 0 Å². The van der Waals surface area contributed by atoms with E-state index in [-0.39, 0.29) is 5.91 Å². The Morgan fingerprint density at radius 1 is 1.26 bits per heavy atom. The van der Waals surface area contributed by atoms with Gasteiger partial charge in [0, 0.05) is 0 Å². The summed E-state index contributed by atoms with van der Waals surface area (Å²) in [5.41, 5.74) is 0.495. The molecule has 2 aromatic rings. The van der Waals surface area contributed by atoms with E-state index < -0.39 is 17.7 Å². The number of benzene rings is 1. The average molecular weight is 302 g/mol. The molecule has 0 bridgehead atoms. The van der Waals surface area contributed by atoms with Gasteiger partial charge in [0.25, 0.3) is 5.91 Å². The van der Waals surface area contributed by atoms with E-state index in [4.69, 9.17) is 11.6 Å². The van der Waals surface area contributed by atoms with Crippen molar-refractivity contribution in [1.82, 2.24) is 5.32 Å². The molecule has 0 saturated heterocycles. The number of hydrogen-bond donors (Lipinski definition) is 1. The number of rotatable bonds is 3. The average Bonchev–Trinajstić information content (AvgIpc) is 2.79. The van der Waals surface area contributed by atoms with Gasteiger partial charge < -0.3 is 5.32 Å². The minimum absolute atomic E-state index is 0.297. The predicted molar refractivity (Wildman–Crippen MR) is 71.6 cm³/mol. The van der Waals surface area contributed by atoms with Crippen molar-refractivity contribution in [2.24, 2.45) is 0 Å². The fourth-order valence-corrected chi connectivity index (χ4v) is 2.52. The zero-order valence-corrected chi connectivity index (χ0v) is 11.5. The number of thiophene rings is 1. The molecule has 0 fully saturated rings. The van der Waals surface area contributed by atoms with Crippen molar-refractivity contribution in [3.05, 3.63) is 56.7 Å². The van der Waals surface area contributed by atoms with Gasteiger partial charge in [0.2, 0.25) is 0 Å². The normalized spacial score (nSPS) is 12.2. The van der Waals surface area contributed by atoms with Gasteiger partial charge in [0.1, 0.15) is 0 Å². The lowest BCUT2D eigenvalue weighted by Gasteiger charge is -2.13. The van der Waals surface area contributed by atoms with Crippen LogP contribution in [-0.2, 0) is 0 Å². The van der Waals surface area contributed by atoms with Gasteiger partial charge in [-0.25, -0.2) is 8.78 Å². The van der Waals surface area contributed by atoms with Crippen LogP contribution in [0.5, 0.6) is 0 Å². The minimum atomic E-state index is -0.933. The summed E-state index contributed by atoms with van der Waals surface area (Å²) in [7, 11) is 0. The topological polar surface area (TPSA) is 29.1 Å². The van der Waals surface area contributed by atoms with E-state index in [1.165, 1.54) is 6.07 Å². The van der Waals surface area contributed by atoms with E-state index >= 15 is 0 Å². The summed E-state index contributed by atoms with van der Waals surface area (Å²) in [4.78, 5) is 12.3. The van der Waals surface area contributed by atoms with Crippen LogP contribution in [0, 0.1) is 11.6 Å². The third kappa shape index (κ3) is 3.30. The van der Waals surface area contributed by atoms with Crippen molar-refractivity contribution in [1.29, 1.82) is 0 Å². The van der Waals surface area contributed by atoms with Crippen molar-refractivity contribution >= 4 is 28.8 Å². The molecule has 1 N–H and O–H groups in total. The molecule has 1 unspecified atom stereocenters. The Morgan fingerprint density at radius 3 is 2.58 bits per heavy atom. The molecule has 19 heavy (non-hydrogen) atoms. The maximum atomic E-state index is 13.1. The molecular formula is C13H10ClF2NOS. The number of halogens is 3. The Balaban J connectivity index is 2.10. The van der Waals surface area contributed by atoms with Crippen LogP contribution in [0.4, 0.5) is 8.78 Å². The van der Waals surface area contributed by atoms with E-state index in [1.54, 1.807) is 19.1 Å². The Kier molecular flexibility index (Phi) is 4.17. The number of hydrogen-bond acceptors (Lipinski definition) is 2. The highest BCUT2D eigenvalue weighted by Crippen LogP contribution is 2.22. The lowest BCUT2D eigenvalue weighted by Crippen LogP contribution is -2.25. The Labute approximate surface area is 118 Å². The van der Waals surface area contributed by atoms with Gasteiger partial charge in [-0.05, 0) is 36.8 Å². The summed E-state index contributed by atoms with van der Waals surface area (Å²) < 4.78 is 26.4. The molecule has 1 heterocycles. The maximum absolute atomic E-state index is 13.1. The number of amides is 1. The van der Waals surface area contributed by atoms with Crippen LogP contribution < -0.4 is 5.32 Å². The summed E-state index contributed by atoms with van der Waals surface area (Å²) in [6, 6.07) is 6.36. The van der Waals surface area contributed by atoms with Crippen LogP contribution >= 0.6 is 22.9 Å². The predicted octanol–water partition coefficient (Wildman–Crippen LogP) is 4.17. The molecule has 1 aromatic heterocycles. The van der Waals surface area contributed by atoms with Crippen LogP contribution in [0.2, 0.25) is 4.34 Å². The molecule has 0 radical (unpaired) electrons.